The molecule has 0 unspecified atom stereocenters. The first-order chi connectivity index (χ1) is 13.2. The molecule has 1 N–H and O–H groups in total. The SMILES string of the molecule is C=C(CO[Si](C)(C)C(C)(C)C)[C@]12O[C@H]1[C@@]1(C)[C@H](C[C@H](OC(C)=O)C[C@@H]1C)C[C@@H]2O. The Morgan fingerprint density at radius 2 is 1.90 bits per heavy atom. The van der Waals surface area contributed by atoms with Crippen LogP contribution in [0.3, 0.4) is 0 Å². The van der Waals surface area contributed by atoms with Crippen molar-refractivity contribution in [2.45, 2.75) is 103 Å². The third-order valence-corrected chi connectivity index (χ3v) is 13.1. The van der Waals surface area contributed by atoms with Gasteiger partial charge in [-0.25, -0.2) is 0 Å². The Morgan fingerprint density at radius 3 is 2.45 bits per heavy atom. The van der Waals surface area contributed by atoms with Crippen molar-refractivity contribution in [3.8, 4) is 0 Å². The van der Waals surface area contributed by atoms with Gasteiger partial charge < -0.3 is 19.0 Å². The lowest BCUT2D eigenvalue weighted by molar-refractivity contribution is -0.155. The van der Waals surface area contributed by atoms with E-state index < -0.39 is 20.0 Å². The minimum Gasteiger partial charge on any atom is -0.463 e. The van der Waals surface area contributed by atoms with Gasteiger partial charge in [-0.3, -0.25) is 4.79 Å². The van der Waals surface area contributed by atoms with E-state index in [2.05, 4.69) is 54.3 Å². The van der Waals surface area contributed by atoms with Crippen molar-refractivity contribution in [1.29, 1.82) is 0 Å². The summed E-state index contributed by atoms with van der Waals surface area (Å²) in [4.78, 5) is 11.4. The summed E-state index contributed by atoms with van der Waals surface area (Å²) in [5, 5.41) is 11.2. The van der Waals surface area contributed by atoms with Crippen LogP contribution in [0.15, 0.2) is 12.2 Å². The van der Waals surface area contributed by atoms with E-state index in [0.29, 0.717) is 18.9 Å². The highest BCUT2D eigenvalue weighted by molar-refractivity contribution is 6.74. The molecule has 5 nitrogen and oxygen atoms in total. The third-order valence-electron chi connectivity index (χ3n) is 8.62. The molecule has 0 aromatic rings. The highest BCUT2D eigenvalue weighted by atomic mass is 28.4. The molecule has 3 rings (SSSR count). The Labute approximate surface area is 177 Å². The van der Waals surface area contributed by atoms with E-state index in [9.17, 15) is 9.90 Å². The van der Waals surface area contributed by atoms with Crippen LogP contribution in [0.4, 0.5) is 0 Å². The number of hydrogen-bond donors (Lipinski definition) is 1. The van der Waals surface area contributed by atoms with E-state index in [1.54, 1.807) is 0 Å². The number of ether oxygens (including phenoxy) is 2. The van der Waals surface area contributed by atoms with E-state index >= 15 is 0 Å². The molecule has 0 aromatic carbocycles. The molecule has 29 heavy (non-hydrogen) atoms. The minimum atomic E-state index is -1.91. The average molecular weight is 425 g/mol. The first kappa shape index (κ1) is 23.0. The maximum absolute atomic E-state index is 11.4. The van der Waals surface area contributed by atoms with Gasteiger partial charge in [0, 0.05) is 12.3 Å². The van der Waals surface area contributed by atoms with Crippen molar-refractivity contribution >= 4 is 14.3 Å². The van der Waals surface area contributed by atoms with Crippen molar-refractivity contribution in [1.82, 2.24) is 0 Å². The average Bonchev–Trinajstić information content (AvgIpc) is 3.33. The van der Waals surface area contributed by atoms with E-state index in [1.807, 2.05) is 0 Å². The fourth-order valence-electron chi connectivity index (χ4n) is 5.42. The van der Waals surface area contributed by atoms with Crippen LogP contribution in [-0.2, 0) is 18.7 Å². The molecule has 1 aliphatic heterocycles. The van der Waals surface area contributed by atoms with Crippen molar-refractivity contribution < 1.29 is 23.8 Å². The van der Waals surface area contributed by atoms with Crippen LogP contribution in [0.1, 0.15) is 60.8 Å². The minimum absolute atomic E-state index is 0.0486. The number of esters is 1. The summed E-state index contributed by atoms with van der Waals surface area (Å²) in [5.41, 5.74) is 0.125. The van der Waals surface area contributed by atoms with Crippen LogP contribution < -0.4 is 0 Å². The Kier molecular flexibility index (Phi) is 5.69. The van der Waals surface area contributed by atoms with Gasteiger partial charge in [0.15, 0.2) is 8.32 Å². The zero-order chi connectivity index (χ0) is 22.0. The van der Waals surface area contributed by atoms with Gasteiger partial charge in [0.2, 0.25) is 0 Å². The lowest BCUT2D eigenvalue weighted by Gasteiger charge is -2.52. The van der Waals surface area contributed by atoms with Crippen LogP contribution in [0.5, 0.6) is 0 Å². The number of hydrogen-bond acceptors (Lipinski definition) is 5. The first-order valence-corrected chi connectivity index (χ1v) is 13.9. The first-order valence-electron chi connectivity index (χ1n) is 11.0. The zero-order valence-electron chi connectivity index (χ0n) is 19.5. The fourth-order valence-corrected chi connectivity index (χ4v) is 6.39. The van der Waals surface area contributed by atoms with Crippen molar-refractivity contribution in [2.75, 3.05) is 6.61 Å². The molecule has 0 radical (unpaired) electrons. The van der Waals surface area contributed by atoms with E-state index in [-0.39, 0.29) is 34.5 Å². The number of aliphatic hydroxyl groups is 1. The highest BCUT2D eigenvalue weighted by Crippen LogP contribution is 2.67. The maximum Gasteiger partial charge on any atom is 0.302 e. The van der Waals surface area contributed by atoms with E-state index in [1.165, 1.54) is 6.92 Å². The number of carbonyl (C=O) groups is 1. The molecule has 166 valence electrons. The fraction of sp³-hybridized carbons (Fsp3) is 0.870. The smallest absolute Gasteiger partial charge is 0.302 e. The Morgan fingerprint density at radius 1 is 1.28 bits per heavy atom. The van der Waals surface area contributed by atoms with Gasteiger partial charge in [-0.2, -0.15) is 0 Å². The molecule has 0 bridgehead atoms. The molecule has 0 amide bonds. The maximum atomic E-state index is 11.4. The molecular weight excluding hydrogens is 384 g/mol. The van der Waals surface area contributed by atoms with Gasteiger partial charge >= 0.3 is 5.97 Å². The number of fused-ring (bicyclic) bond motifs is 3. The standard InChI is InChI=1S/C23H40O5Si/c1-14-10-18(27-16(3)24)11-17-12-19(25)23(20(28-23)22(14,17)7)15(2)13-26-29(8,9)21(4,5)6/h14,17-20,25H,2,10-13H2,1,3-9H3/t14-,17+,18+,19-,20-,22+,23+/m0/s1. The van der Waals surface area contributed by atoms with Gasteiger partial charge in [0.05, 0.1) is 12.7 Å². The second-order valence-electron chi connectivity index (χ2n) is 11.4. The molecule has 2 saturated carbocycles. The molecule has 3 aliphatic rings. The largest absolute Gasteiger partial charge is 0.463 e. The normalized spacial score (nSPS) is 41.9. The molecule has 7 atom stereocenters. The lowest BCUT2D eigenvalue weighted by atomic mass is 9.52. The number of carbonyl (C=O) groups excluding carboxylic acids is 1. The van der Waals surface area contributed by atoms with Crippen LogP contribution in [0, 0.1) is 17.3 Å². The molecular formula is C23H40O5Si. The predicted octanol–water partition coefficient (Wildman–Crippen LogP) is 4.45. The third kappa shape index (κ3) is 3.64. The Balaban J connectivity index is 1.75. The molecule has 0 spiro atoms. The monoisotopic (exact) mass is 424 g/mol. The molecule has 1 heterocycles. The van der Waals surface area contributed by atoms with Gasteiger partial charge in [-0.05, 0) is 54.8 Å². The molecule has 6 heteroatoms. The number of epoxide rings is 1. The van der Waals surface area contributed by atoms with Crippen molar-refractivity contribution in [3.63, 3.8) is 0 Å². The van der Waals surface area contributed by atoms with Gasteiger partial charge in [0.1, 0.15) is 17.8 Å². The summed E-state index contributed by atoms with van der Waals surface area (Å²) in [5.74, 6) is 0.370. The summed E-state index contributed by atoms with van der Waals surface area (Å²) >= 11 is 0. The van der Waals surface area contributed by atoms with Gasteiger partial charge in [-0.15, -0.1) is 0 Å². The molecule has 0 aromatic heterocycles. The summed E-state index contributed by atoms with van der Waals surface area (Å²) < 4.78 is 18.2. The molecule has 3 fully saturated rings. The quantitative estimate of drug-likeness (QED) is 0.306. The molecule has 1 saturated heterocycles. The summed E-state index contributed by atoms with van der Waals surface area (Å²) in [6.07, 6.45) is 1.57. The zero-order valence-corrected chi connectivity index (χ0v) is 20.5. The van der Waals surface area contributed by atoms with E-state index in [0.717, 1.165) is 18.4 Å². The number of rotatable bonds is 5. The van der Waals surface area contributed by atoms with E-state index in [4.69, 9.17) is 13.9 Å². The Bertz CT molecular complexity index is 683. The van der Waals surface area contributed by atoms with Crippen LogP contribution in [0.25, 0.3) is 0 Å². The van der Waals surface area contributed by atoms with Crippen LogP contribution >= 0.6 is 0 Å². The second-order valence-corrected chi connectivity index (χ2v) is 16.2. The highest BCUT2D eigenvalue weighted by Gasteiger charge is 2.75. The van der Waals surface area contributed by atoms with Gasteiger partial charge in [0.25, 0.3) is 0 Å². The van der Waals surface area contributed by atoms with Gasteiger partial charge in [-0.1, -0.05) is 41.2 Å². The second kappa shape index (κ2) is 7.18. The van der Waals surface area contributed by atoms with Crippen molar-refractivity contribution in [2.24, 2.45) is 17.3 Å². The molecule has 2 aliphatic carbocycles. The number of aliphatic hydroxyl groups excluding tert-OH is 1. The van der Waals surface area contributed by atoms with Crippen LogP contribution in [0.2, 0.25) is 18.1 Å². The summed E-state index contributed by atoms with van der Waals surface area (Å²) in [6, 6.07) is 0. The predicted molar refractivity (Wildman–Crippen MR) is 116 cm³/mol. The van der Waals surface area contributed by atoms with Crippen molar-refractivity contribution in [3.05, 3.63) is 12.2 Å². The summed E-state index contributed by atoms with van der Waals surface area (Å²) in [7, 11) is -1.91. The summed E-state index contributed by atoms with van der Waals surface area (Å²) in [6.45, 7) is 21.9. The Hall–Kier alpha value is -0.693. The van der Waals surface area contributed by atoms with Crippen LogP contribution in [-0.4, -0.2) is 49.9 Å². The lowest BCUT2D eigenvalue weighted by Crippen LogP contribution is -2.56. The topological polar surface area (TPSA) is 68.3 Å².